The highest BCUT2D eigenvalue weighted by atomic mass is 19.1. The van der Waals surface area contributed by atoms with Crippen LogP contribution in [-0.4, -0.2) is 16.5 Å². The van der Waals surface area contributed by atoms with E-state index in [2.05, 4.69) is 21.4 Å². The Morgan fingerprint density at radius 3 is 2.78 bits per heavy atom. The number of hydrogen-bond acceptors (Lipinski definition) is 3. The van der Waals surface area contributed by atoms with E-state index in [4.69, 9.17) is 5.26 Å². The van der Waals surface area contributed by atoms with Crippen LogP contribution in [0.4, 0.5) is 4.39 Å². The summed E-state index contributed by atoms with van der Waals surface area (Å²) in [4.78, 5) is 6.78. The molecule has 1 atom stereocenters. The van der Waals surface area contributed by atoms with Gasteiger partial charge in [0.25, 0.3) is 0 Å². The molecule has 2 N–H and O–H groups in total. The summed E-state index contributed by atoms with van der Waals surface area (Å²) in [7, 11) is 0. The smallest absolute Gasteiger partial charge is 0.137 e. The van der Waals surface area contributed by atoms with Crippen LogP contribution in [0.3, 0.4) is 0 Å². The molecule has 0 radical (unpaired) electrons. The summed E-state index contributed by atoms with van der Waals surface area (Å²) in [6.07, 6.45) is 3.91. The molecule has 0 amide bonds. The second kappa shape index (κ2) is 5.94. The highest BCUT2D eigenvalue weighted by Crippen LogP contribution is 2.08. The molecule has 0 aliphatic carbocycles. The molecule has 4 nitrogen and oxygen atoms in total. The Balaban J connectivity index is 1.85. The SMILES string of the molecule is N#CC(NCCc1ccc(F)cc1)c1cnc[nH]1. The molecule has 0 spiro atoms. The first-order valence-electron chi connectivity index (χ1n) is 5.65. The fourth-order valence-electron chi connectivity index (χ4n) is 1.66. The predicted molar refractivity (Wildman–Crippen MR) is 65.0 cm³/mol. The minimum Gasteiger partial charge on any atom is -0.346 e. The molecular weight excluding hydrogens is 231 g/mol. The van der Waals surface area contributed by atoms with E-state index in [0.717, 1.165) is 17.7 Å². The lowest BCUT2D eigenvalue weighted by Gasteiger charge is -2.09. The van der Waals surface area contributed by atoms with Crippen LogP contribution in [0.25, 0.3) is 0 Å². The average Bonchev–Trinajstić information content (AvgIpc) is 2.91. The fraction of sp³-hybridized carbons (Fsp3) is 0.231. The number of nitrogens with zero attached hydrogens (tertiary/aromatic N) is 2. The molecule has 1 aromatic carbocycles. The predicted octanol–water partition coefficient (Wildman–Crippen LogP) is 1.95. The van der Waals surface area contributed by atoms with Gasteiger partial charge in [0.1, 0.15) is 11.9 Å². The van der Waals surface area contributed by atoms with Crippen molar-refractivity contribution in [3.8, 4) is 6.07 Å². The van der Waals surface area contributed by atoms with Crippen LogP contribution < -0.4 is 5.32 Å². The number of rotatable bonds is 5. The van der Waals surface area contributed by atoms with Gasteiger partial charge in [-0.2, -0.15) is 5.26 Å². The van der Waals surface area contributed by atoms with E-state index in [1.165, 1.54) is 12.1 Å². The Hall–Kier alpha value is -2.19. The standard InChI is InChI=1S/C13H13FN4/c14-11-3-1-10(2-4-11)5-6-17-12(7-15)13-8-16-9-18-13/h1-4,8-9,12,17H,5-6H2,(H,16,18). The number of halogens is 1. The van der Waals surface area contributed by atoms with E-state index in [1.807, 2.05) is 0 Å². The Morgan fingerprint density at radius 1 is 1.39 bits per heavy atom. The molecule has 5 heteroatoms. The summed E-state index contributed by atoms with van der Waals surface area (Å²) < 4.78 is 12.7. The highest BCUT2D eigenvalue weighted by Gasteiger charge is 2.10. The lowest BCUT2D eigenvalue weighted by atomic mass is 10.1. The zero-order valence-electron chi connectivity index (χ0n) is 9.73. The van der Waals surface area contributed by atoms with Crippen LogP contribution in [0.1, 0.15) is 17.3 Å². The number of imidazole rings is 1. The topological polar surface area (TPSA) is 64.5 Å². The first-order valence-corrected chi connectivity index (χ1v) is 5.65. The Labute approximate surface area is 104 Å². The van der Waals surface area contributed by atoms with Crippen LogP contribution in [0.5, 0.6) is 0 Å². The minimum atomic E-state index is -0.395. The van der Waals surface area contributed by atoms with E-state index < -0.39 is 6.04 Å². The second-order valence-electron chi connectivity index (χ2n) is 3.90. The number of aromatic nitrogens is 2. The molecule has 0 aliphatic rings. The zero-order chi connectivity index (χ0) is 12.8. The van der Waals surface area contributed by atoms with Gasteiger partial charge in [0.05, 0.1) is 24.3 Å². The summed E-state index contributed by atoms with van der Waals surface area (Å²) in [6, 6.07) is 8.12. The van der Waals surface area contributed by atoms with Gasteiger partial charge >= 0.3 is 0 Å². The van der Waals surface area contributed by atoms with Crippen molar-refractivity contribution in [3.05, 3.63) is 53.9 Å². The maximum Gasteiger partial charge on any atom is 0.137 e. The molecule has 0 aliphatic heterocycles. The summed E-state index contributed by atoms with van der Waals surface area (Å²) in [5, 5.41) is 12.1. The van der Waals surface area contributed by atoms with Crippen LogP contribution >= 0.6 is 0 Å². The molecule has 2 rings (SSSR count). The van der Waals surface area contributed by atoms with Gasteiger partial charge in [-0.3, -0.25) is 5.32 Å². The third kappa shape index (κ3) is 3.15. The molecule has 92 valence electrons. The van der Waals surface area contributed by atoms with Crippen molar-refractivity contribution in [3.63, 3.8) is 0 Å². The molecule has 0 saturated carbocycles. The molecule has 18 heavy (non-hydrogen) atoms. The van der Waals surface area contributed by atoms with E-state index in [1.54, 1.807) is 24.7 Å². The van der Waals surface area contributed by atoms with Crippen molar-refractivity contribution < 1.29 is 4.39 Å². The first-order chi connectivity index (χ1) is 8.79. The zero-order valence-corrected chi connectivity index (χ0v) is 9.73. The van der Waals surface area contributed by atoms with Crippen LogP contribution in [0.15, 0.2) is 36.8 Å². The normalized spacial score (nSPS) is 12.0. The number of hydrogen-bond donors (Lipinski definition) is 2. The Morgan fingerprint density at radius 2 is 2.17 bits per heavy atom. The van der Waals surface area contributed by atoms with Gasteiger partial charge in [-0.25, -0.2) is 9.37 Å². The molecular formula is C13H13FN4. The third-order valence-corrected chi connectivity index (χ3v) is 2.63. The number of aromatic amines is 1. The fourth-order valence-corrected chi connectivity index (χ4v) is 1.66. The number of nitriles is 1. The first kappa shape index (κ1) is 12.3. The van der Waals surface area contributed by atoms with Gasteiger partial charge in [-0.05, 0) is 24.1 Å². The second-order valence-corrected chi connectivity index (χ2v) is 3.90. The summed E-state index contributed by atoms with van der Waals surface area (Å²) in [6.45, 7) is 0.642. The maximum atomic E-state index is 12.7. The lowest BCUT2D eigenvalue weighted by Crippen LogP contribution is -2.22. The van der Waals surface area contributed by atoms with Crippen molar-refractivity contribution in [2.75, 3.05) is 6.54 Å². The van der Waals surface area contributed by atoms with Crippen molar-refractivity contribution in [1.82, 2.24) is 15.3 Å². The number of H-pyrrole nitrogens is 1. The van der Waals surface area contributed by atoms with Gasteiger partial charge in [0.15, 0.2) is 0 Å². The number of nitrogens with one attached hydrogen (secondary N) is 2. The summed E-state index contributed by atoms with van der Waals surface area (Å²) in [5.41, 5.74) is 1.78. The Kier molecular flexibility index (Phi) is 4.05. The van der Waals surface area contributed by atoms with Gasteiger partial charge in [0, 0.05) is 6.54 Å². The molecule has 1 unspecified atom stereocenters. The minimum absolute atomic E-state index is 0.237. The summed E-state index contributed by atoms with van der Waals surface area (Å²) in [5.74, 6) is -0.237. The van der Waals surface area contributed by atoms with Crippen molar-refractivity contribution in [2.45, 2.75) is 12.5 Å². The molecule has 1 heterocycles. The number of benzene rings is 1. The quantitative estimate of drug-likeness (QED) is 0.844. The van der Waals surface area contributed by atoms with E-state index in [-0.39, 0.29) is 5.82 Å². The maximum absolute atomic E-state index is 12.7. The summed E-state index contributed by atoms with van der Waals surface area (Å²) >= 11 is 0. The molecule has 0 bridgehead atoms. The third-order valence-electron chi connectivity index (χ3n) is 2.63. The van der Waals surface area contributed by atoms with E-state index in [0.29, 0.717) is 6.54 Å². The van der Waals surface area contributed by atoms with E-state index in [9.17, 15) is 4.39 Å². The van der Waals surface area contributed by atoms with Crippen LogP contribution in [-0.2, 0) is 6.42 Å². The lowest BCUT2D eigenvalue weighted by molar-refractivity contribution is 0.614. The van der Waals surface area contributed by atoms with Gasteiger partial charge in [-0.15, -0.1) is 0 Å². The largest absolute Gasteiger partial charge is 0.346 e. The van der Waals surface area contributed by atoms with Crippen molar-refractivity contribution >= 4 is 0 Å². The monoisotopic (exact) mass is 244 g/mol. The van der Waals surface area contributed by atoms with Gasteiger partial charge in [0.2, 0.25) is 0 Å². The molecule has 0 saturated heterocycles. The van der Waals surface area contributed by atoms with Crippen molar-refractivity contribution in [2.24, 2.45) is 0 Å². The van der Waals surface area contributed by atoms with Crippen LogP contribution in [0.2, 0.25) is 0 Å². The molecule has 0 fully saturated rings. The van der Waals surface area contributed by atoms with Crippen LogP contribution in [0, 0.1) is 17.1 Å². The Bertz CT molecular complexity index is 513. The van der Waals surface area contributed by atoms with Crippen molar-refractivity contribution in [1.29, 1.82) is 5.26 Å². The average molecular weight is 244 g/mol. The molecule has 1 aromatic heterocycles. The van der Waals surface area contributed by atoms with E-state index >= 15 is 0 Å². The highest BCUT2D eigenvalue weighted by molar-refractivity contribution is 5.17. The van der Waals surface area contributed by atoms with Gasteiger partial charge in [-0.1, -0.05) is 12.1 Å². The van der Waals surface area contributed by atoms with Gasteiger partial charge < -0.3 is 4.98 Å². The molecule has 2 aromatic rings.